The maximum Gasteiger partial charge on any atom is 0.161 e. The summed E-state index contributed by atoms with van der Waals surface area (Å²) in [5, 5.41) is 2.31. The first kappa shape index (κ1) is 20.6. The molecule has 0 bridgehead atoms. The predicted molar refractivity (Wildman–Crippen MR) is 108 cm³/mol. The lowest BCUT2D eigenvalue weighted by Gasteiger charge is -2.15. The zero-order chi connectivity index (χ0) is 18.9. The van der Waals surface area contributed by atoms with E-state index in [-0.39, 0.29) is 0 Å². The van der Waals surface area contributed by atoms with Gasteiger partial charge in [-0.05, 0) is 72.6 Å². The van der Waals surface area contributed by atoms with Gasteiger partial charge in [-0.2, -0.15) is 0 Å². The van der Waals surface area contributed by atoms with Gasteiger partial charge >= 0.3 is 0 Å². The maximum absolute atomic E-state index is 5.77. The highest BCUT2D eigenvalue weighted by molar-refractivity contribution is 9.10. The Morgan fingerprint density at radius 2 is 1.77 bits per heavy atom. The second-order valence-electron chi connectivity index (χ2n) is 6.19. The number of hydrogen-bond acceptors (Lipinski definition) is 3. The number of methoxy groups -OCH3 is 1. The smallest absolute Gasteiger partial charge is 0.161 e. The minimum absolute atomic E-state index is 0.337. The molecule has 2 rings (SSSR count). The van der Waals surface area contributed by atoms with E-state index in [1.54, 1.807) is 7.11 Å². The first-order chi connectivity index (χ1) is 12.6. The fraction of sp³-hybridized carbons (Fsp3) is 0.429. The van der Waals surface area contributed by atoms with Crippen molar-refractivity contribution in [3.05, 3.63) is 52.0 Å². The van der Waals surface area contributed by atoms with Crippen LogP contribution >= 0.6 is 15.9 Å². The summed E-state index contributed by atoms with van der Waals surface area (Å²) in [6.45, 7) is 8.50. The van der Waals surface area contributed by atoms with Gasteiger partial charge in [0.15, 0.2) is 11.5 Å². The summed E-state index contributed by atoms with van der Waals surface area (Å²) in [7, 11) is 1.68. The Morgan fingerprint density at radius 3 is 2.42 bits per heavy atom. The lowest BCUT2D eigenvalue weighted by atomic mass is 10.1. The van der Waals surface area contributed by atoms with Crippen molar-refractivity contribution in [3.8, 4) is 17.2 Å². The zero-order valence-corrected chi connectivity index (χ0v) is 17.6. The average molecular weight is 423 g/mol. The van der Waals surface area contributed by atoms with Crippen molar-refractivity contribution < 1.29 is 19.5 Å². The third kappa shape index (κ3) is 5.64. The molecule has 0 amide bonds. The zero-order valence-electron chi connectivity index (χ0n) is 16.0. The van der Waals surface area contributed by atoms with Crippen LogP contribution in [0, 0.1) is 0 Å². The molecule has 0 aliphatic carbocycles. The molecular formula is C21H29BrNO3+. The van der Waals surface area contributed by atoms with Crippen LogP contribution in [0.2, 0.25) is 0 Å². The molecule has 0 fully saturated rings. The molecule has 2 aromatic rings. The topological polar surface area (TPSA) is 44.3 Å². The van der Waals surface area contributed by atoms with E-state index in [1.807, 2.05) is 19.1 Å². The molecule has 2 aromatic carbocycles. The van der Waals surface area contributed by atoms with Crippen LogP contribution in [0.25, 0.3) is 0 Å². The molecule has 1 atom stereocenters. The van der Waals surface area contributed by atoms with Crippen molar-refractivity contribution in [2.75, 3.05) is 20.3 Å². The average Bonchev–Trinajstić information content (AvgIpc) is 2.65. The summed E-state index contributed by atoms with van der Waals surface area (Å²) < 4.78 is 17.8. The van der Waals surface area contributed by atoms with Gasteiger partial charge in [0.25, 0.3) is 0 Å². The maximum atomic E-state index is 5.77. The van der Waals surface area contributed by atoms with E-state index in [0.717, 1.165) is 34.7 Å². The van der Waals surface area contributed by atoms with Gasteiger partial charge in [0.1, 0.15) is 18.3 Å². The molecule has 5 heteroatoms. The van der Waals surface area contributed by atoms with Crippen molar-refractivity contribution >= 4 is 15.9 Å². The molecule has 0 spiro atoms. The lowest BCUT2D eigenvalue weighted by Crippen LogP contribution is -2.83. The standard InChI is InChI=1S/C21H28BrNO3/c1-5-11-26-20-9-7-16(12-21(20)25-6-2)14-23-15(3)17-8-10-19(24-4)18(22)13-17/h7-10,12-13,15,23H,5-6,11,14H2,1-4H3/p+1/t15-/m0/s1. The van der Waals surface area contributed by atoms with Crippen LogP contribution in [0.5, 0.6) is 17.2 Å². The number of benzene rings is 2. The molecule has 0 unspecified atom stereocenters. The SMILES string of the molecule is CCCOc1ccc(C[NH2+][C@@H](C)c2ccc(OC)c(Br)c2)cc1OCC. The molecule has 0 heterocycles. The van der Waals surface area contributed by atoms with Gasteiger partial charge in [0.2, 0.25) is 0 Å². The van der Waals surface area contributed by atoms with Gasteiger partial charge in [0.05, 0.1) is 24.8 Å². The van der Waals surface area contributed by atoms with Crippen molar-refractivity contribution in [1.82, 2.24) is 0 Å². The van der Waals surface area contributed by atoms with Crippen molar-refractivity contribution in [3.63, 3.8) is 0 Å². The quantitative estimate of drug-likeness (QED) is 0.613. The highest BCUT2D eigenvalue weighted by atomic mass is 79.9. The van der Waals surface area contributed by atoms with Crippen LogP contribution in [0.15, 0.2) is 40.9 Å². The lowest BCUT2D eigenvalue weighted by molar-refractivity contribution is -0.707. The largest absolute Gasteiger partial charge is 0.496 e. The molecule has 26 heavy (non-hydrogen) atoms. The molecule has 4 nitrogen and oxygen atoms in total. The van der Waals surface area contributed by atoms with E-state index in [1.165, 1.54) is 11.1 Å². The van der Waals surface area contributed by atoms with Crippen LogP contribution in [0.1, 0.15) is 44.4 Å². The van der Waals surface area contributed by atoms with Crippen LogP contribution in [0.4, 0.5) is 0 Å². The van der Waals surface area contributed by atoms with E-state index < -0.39 is 0 Å². The van der Waals surface area contributed by atoms with Gasteiger partial charge < -0.3 is 19.5 Å². The Bertz CT molecular complexity index is 706. The molecule has 0 aliphatic heterocycles. The van der Waals surface area contributed by atoms with Crippen molar-refractivity contribution in [2.24, 2.45) is 0 Å². The summed E-state index contributed by atoms with van der Waals surface area (Å²) in [5.74, 6) is 2.50. The van der Waals surface area contributed by atoms with Gasteiger partial charge in [-0.15, -0.1) is 0 Å². The van der Waals surface area contributed by atoms with Crippen molar-refractivity contribution in [1.29, 1.82) is 0 Å². The van der Waals surface area contributed by atoms with Crippen LogP contribution < -0.4 is 19.5 Å². The third-order valence-electron chi connectivity index (χ3n) is 4.18. The van der Waals surface area contributed by atoms with Gasteiger partial charge in [-0.1, -0.05) is 6.92 Å². The fourth-order valence-corrected chi connectivity index (χ4v) is 3.25. The normalized spacial score (nSPS) is 11.9. The second kappa shape index (κ2) is 10.4. The molecule has 0 aromatic heterocycles. The molecule has 2 N–H and O–H groups in total. The molecule has 0 saturated heterocycles. The number of halogens is 1. The Balaban J connectivity index is 2.03. The fourth-order valence-electron chi connectivity index (χ4n) is 2.69. The first-order valence-corrected chi connectivity index (χ1v) is 9.93. The first-order valence-electron chi connectivity index (χ1n) is 9.14. The minimum atomic E-state index is 0.337. The summed E-state index contributed by atoms with van der Waals surface area (Å²) in [6, 6.07) is 12.8. The summed E-state index contributed by atoms with van der Waals surface area (Å²) >= 11 is 3.56. The van der Waals surface area contributed by atoms with Gasteiger partial charge in [-0.3, -0.25) is 0 Å². The number of rotatable bonds is 10. The number of hydrogen-bond donors (Lipinski definition) is 1. The molecule has 142 valence electrons. The minimum Gasteiger partial charge on any atom is -0.496 e. The van der Waals surface area contributed by atoms with E-state index >= 15 is 0 Å². The van der Waals surface area contributed by atoms with E-state index in [9.17, 15) is 0 Å². The summed E-state index contributed by atoms with van der Waals surface area (Å²) in [5.41, 5.74) is 2.47. The van der Waals surface area contributed by atoms with Crippen LogP contribution in [-0.4, -0.2) is 20.3 Å². The predicted octanol–water partition coefficient (Wildman–Crippen LogP) is 4.47. The van der Waals surface area contributed by atoms with Crippen LogP contribution in [0.3, 0.4) is 0 Å². The summed E-state index contributed by atoms with van der Waals surface area (Å²) in [4.78, 5) is 0. The Kier molecular flexibility index (Phi) is 8.26. The van der Waals surface area contributed by atoms with Crippen LogP contribution in [-0.2, 0) is 6.54 Å². The highest BCUT2D eigenvalue weighted by Crippen LogP contribution is 2.29. The molecule has 0 radical (unpaired) electrons. The second-order valence-corrected chi connectivity index (χ2v) is 7.04. The molecule has 0 saturated carbocycles. The Hall–Kier alpha value is -1.72. The monoisotopic (exact) mass is 422 g/mol. The summed E-state index contributed by atoms with van der Waals surface area (Å²) in [6.07, 6.45) is 0.982. The molecular weight excluding hydrogens is 394 g/mol. The van der Waals surface area contributed by atoms with E-state index in [4.69, 9.17) is 14.2 Å². The van der Waals surface area contributed by atoms with E-state index in [2.05, 4.69) is 59.4 Å². The molecule has 0 aliphatic rings. The number of nitrogens with two attached hydrogens (primary N) is 1. The number of ether oxygens (including phenoxy) is 3. The van der Waals surface area contributed by atoms with Crippen molar-refractivity contribution in [2.45, 2.75) is 39.8 Å². The number of quaternary nitrogens is 1. The highest BCUT2D eigenvalue weighted by Gasteiger charge is 2.13. The van der Waals surface area contributed by atoms with Gasteiger partial charge in [-0.25, -0.2) is 0 Å². The van der Waals surface area contributed by atoms with E-state index in [0.29, 0.717) is 19.3 Å². The Morgan fingerprint density at radius 1 is 1.00 bits per heavy atom. The Labute approximate surface area is 165 Å². The third-order valence-corrected chi connectivity index (χ3v) is 4.80. The van der Waals surface area contributed by atoms with Gasteiger partial charge in [0, 0.05) is 11.1 Å².